The molecule has 1 aromatic rings. The third-order valence-corrected chi connectivity index (χ3v) is 5.09. The summed E-state index contributed by atoms with van der Waals surface area (Å²) in [4.78, 5) is 51.8. The Morgan fingerprint density at radius 3 is 2.59 bits per heavy atom. The molecule has 12 nitrogen and oxygen atoms in total. The number of amides is 3. The van der Waals surface area contributed by atoms with Crippen molar-refractivity contribution in [1.29, 1.82) is 0 Å². The van der Waals surface area contributed by atoms with Crippen molar-refractivity contribution >= 4 is 35.5 Å². The number of anilines is 1. The van der Waals surface area contributed by atoms with Gasteiger partial charge in [0.2, 0.25) is 0 Å². The lowest BCUT2D eigenvalue weighted by Gasteiger charge is -2.27. The van der Waals surface area contributed by atoms with Crippen LogP contribution in [0.25, 0.3) is 0 Å². The summed E-state index contributed by atoms with van der Waals surface area (Å²) in [5.41, 5.74) is 5.71. The standard InChI is InChI=1S/C22H29N5O7/c1-22(2,3)34-21(32)26-14(19(30)31)10-11-7-8-15-13(9-11)24-18(29)16(33-15)6-4-5-12-17(28)27-20(23)25-12/h7-9,12,14,16H,4-6,10H2,1-3H3,(H,24,29)(H,26,32)(H,30,31)(H3,23,25,27,28)/t12?,14-,16?/m0/s1. The van der Waals surface area contributed by atoms with E-state index < -0.39 is 35.9 Å². The minimum Gasteiger partial charge on any atom is -0.480 e. The summed E-state index contributed by atoms with van der Waals surface area (Å²) < 4.78 is 10.9. The Bertz CT molecular complexity index is 1020. The number of nitrogens with one attached hydrogen (secondary N) is 3. The minimum atomic E-state index is -1.22. The molecule has 3 rings (SSSR count). The van der Waals surface area contributed by atoms with Gasteiger partial charge in [-0.25, -0.2) is 14.6 Å². The number of carboxylic acid groups (broad SMARTS) is 1. The Kier molecular flexibility index (Phi) is 7.28. The number of ether oxygens (including phenoxy) is 2. The molecule has 3 atom stereocenters. The lowest BCUT2D eigenvalue weighted by molar-refractivity contribution is -0.139. The van der Waals surface area contributed by atoms with E-state index in [9.17, 15) is 24.3 Å². The molecule has 1 aromatic carbocycles. The number of aliphatic imine (C=N–C) groups is 1. The number of hydrogen-bond donors (Lipinski definition) is 5. The van der Waals surface area contributed by atoms with Gasteiger partial charge in [0, 0.05) is 6.42 Å². The smallest absolute Gasteiger partial charge is 0.408 e. The van der Waals surface area contributed by atoms with E-state index in [0.717, 1.165) is 0 Å². The minimum absolute atomic E-state index is 0.0196. The molecule has 6 N–H and O–H groups in total. The zero-order chi connectivity index (χ0) is 25.0. The van der Waals surface area contributed by atoms with Gasteiger partial charge in [-0.15, -0.1) is 0 Å². The highest BCUT2D eigenvalue weighted by atomic mass is 16.6. The van der Waals surface area contributed by atoms with Crippen LogP contribution in [0.3, 0.4) is 0 Å². The second-order valence-electron chi connectivity index (χ2n) is 9.12. The number of carbonyl (C=O) groups is 4. The first-order valence-corrected chi connectivity index (χ1v) is 10.9. The van der Waals surface area contributed by atoms with Gasteiger partial charge < -0.3 is 30.9 Å². The third-order valence-electron chi connectivity index (χ3n) is 5.09. The second kappa shape index (κ2) is 9.98. The number of carbonyl (C=O) groups excluding carboxylic acids is 3. The van der Waals surface area contributed by atoms with Crippen molar-refractivity contribution in [3.05, 3.63) is 23.8 Å². The van der Waals surface area contributed by atoms with Crippen molar-refractivity contribution in [2.75, 3.05) is 5.32 Å². The Labute approximate surface area is 196 Å². The van der Waals surface area contributed by atoms with Gasteiger partial charge in [0.05, 0.1) is 5.69 Å². The van der Waals surface area contributed by atoms with Crippen molar-refractivity contribution in [1.82, 2.24) is 10.6 Å². The highest BCUT2D eigenvalue weighted by Gasteiger charge is 2.30. The fourth-order valence-corrected chi connectivity index (χ4v) is 3.56. The number of benzene rings is 1. The molecule has 0 bridgehead atoms. The van der Waals surface area contributed by atoms with Crippen LogP contribution in [0.15, 0.2) is 23.2 Å². The number of alkyl carbamates (subject to hydrolysis) is 1. The Hall–Kier alpha value is -3.83. The van der Waals surface area contributed by atoms with E-state index in [2.05, 4.69) is 20.9 Å². The molecule has 2 heterocycles. The number of hydrogen-bond acceptors (Lipinski definition) is 8. The number of guanidine groups is 1. The molecule has 184 valence electrons. The molecule has 2 aliphatic rings. The summed E-state index contributed by atoms with van der Waals surface area (Å²) in [6.07, 6.45) is -0.240. The van der Waals surface area contributed by atoms with Crippen LogP contribution >= 0.6 is 0 Å². The monoisotopic (exact) mass is 475 g/mol. The average Bonchev–Trinajstić information content (AvgIpc) is 3.03. The molecule has 0 spiro atoms. The summed E-state index contributed by atoms with van der Waals surface area (Å²) in [5, 5.41) is 17.0. The van der Waals surface area contributed by atoms with Crippen LogP contribution in [-0.2, 0) is 25.5 Å². The van der Waals surface area contributed by atoms with Gasteiger partial charge in [0.15, 0.2) is 12.1 Å². The molecule has 0 aromatic heterocycles. The lowest BCUT2D eigenvalue weighted by atomic mass is 10.0. The highest BCUT2D eigenvalue weighted by molar-refractivity contribution is 6.04. The van der Waals surface area contributed by atoms with Crippen LogP contribution in [0.5, 0.6) is 5.75 Å². The first-order valence-electron chi connectivity index (χ1n) is 10.9. The molecule has 0 aliphatic carbocycles. The number of rotatable bonds is 8. The van der Waals surface area contributed by atoms with Crippen molar-refractivity contribution in [2.24, 2.45) is 10.7 Å². The summed E-state index contributed by atoms with van der Waals surface area (Å²) in [6.45, 7) is 5.03. The molecule has 0 radical (unpaired) electrons. The number of carboxylic acids is 1. The van der Waals surface area contributed by atoms with Crippen molar-refractivity contribution in [3.8, 4) is 5.75 Å². The van der Waals surface area contributed by atoms with Gasteiger partial charge in [0.1, 0.15) is 23.4 Å². The van der Waals surface area contributed by atoms with E-state index >= 15 is 0 Å². The average molecular weight is 476 g/mol. The molecule has 2 unspecified atom stereocenters. The number of nitrogens with two attached hydrogens (primary N) is 1. The predicted octanol–water partition coefficient (Wildman–Crippen LogP) is 0.890. The van der Waals surface area contributed by atoms with Gasteiger partial charge in [-0.2, -0.15) is 0 Å². The first kappa shape index (κ1) is 24.8. The zero-order valence-corrected chi connectivity index (χ0v) is 19.2. The number of nitrogens with zero attached hydrogens (tertiary/aromatic N) is 1. The van der Waals surface area contributed by atoms with E-state index in [-0.39, 0.29) is 24.2 Å². The summed E-state index contributed by atoms with van der Waals surface area (Å²) in [6, 6.07) is 3.14. The largest absolute Gasteiger partial charge is 0.480 e. The molecule has 34 heavy (non-hydrogen) atoms. The molecule has 12 heteroatoms. The number of fused-ring (bicyclic) bond motifs is 1. The molecule has 2 aliphatic heterocycles. The molecule has 0 fully saturated rings. The first-order chi connectivity index (χ1) is 15.9. The SMILES string of the molecule is CC(C)(C)OC(=O)N[C@@H](Cc1ccc2c(c1)NC(=O)C(CCCC1N=C(N)NC1=O)O2)C(=O)O. The Morgan fingerprint density at radius 1 is 1.24 bits per heavy atom. The van der Waals surface area contributed by atoms with Crippen LogP contribution in [0.4, 0.5) is 10.5 Å². The van der Waals surface area contributed by atoms with E-state index in [4.69, 9.17) is 15.2 Å². The molecular formula is C22H29N5O7. The predicted molar refractivity (Wildman–Crippen MR) is 121 cm³/mol. The van der Waals surface area contributed by atoms with E-state index in [1.165, 1.54) is 0 Å². The summed E-state index contributed by atoms with van der Waals surface area (Å²) >= 11 is 0. The van der Waals surface area contributed by atoms with Gasteiger partial charge in [-0.1, -0.05) is 6.07 Å². The maximum absolute atomic E-state index is 12.5. The summed E-state index contributed by atoms with van der Waals surface area (Å²) in [7, 11) is 0. The summed E-state index contributed by atoms with van der Waals surface area (Å²) in [5.74, 6) is -1.28. The van der Waals surface area contributed by atoms with E-state index in [1.807, 2.05) is 0 Å². The topological polar surface area (TPSA) is 181 Å². The lowest BCUT2D eigenvalue weighted by Crippen LogP contribution is -2.44. The maximum atomic E-state index is 12.5. The second-order valence-corrected chi connectivity index (χ2v) is 9.12. The quantitative estimate of drug-likeness (QED) is 0.367. The van der Waals surface area contributed by atoms with E-state index in [0.29, 0.717) is 36.3 Å². The molecule has 0 saturated carbocycles. The van der Waals surface area contributed by atoms with Crippen LogP contribution in [0.1, 0.15) is 45.6 Å². The third kappa shape index (κ3) is 6.59. The number of aliphatic carboxylic acids is 1. The van der Waals surface area contributed by atoms with Crippen LogP contribution in [0.2, 0.25) is 0 Å². The maximum Gasteiger partial charge on any atom is 0.408 e. The van der Waals surface area contributed by atoms with Crippen molar-refractivity contribution in [2.45, 2.75) is 70.2 Å². The van der Waals surface area contributed by atoms with Gasteiger partial charge in [0.25, 0.3) is 11.8 Å². The van der Waals surface area contributed by atoms with Gasteiger partial charge >= 0.3 is 12.1 Å². The fourth-order valence-electron chi connectivity index (χ4n) is 3.56. The van der Waals surface area contributed by atoms with Crippen molar-refractivity contribution in [3.63, 3.8) is 0 Å². The Morgan fingerprint density at radius 2 is 1.97 bits per heavy atom. The van der Waals surface area contributed by atoms with E-state index in [1.54, 1.807) is 39.0 Å². The van der Waals surface area contributed by atoms with Crippen LogP contribution in [0, 0.1) is 0 Å². The highest BCUT2D eigenvalue weighted by Crippen LogP contribution is 2.32. The zero-order valence-electron chi connectivity index (χ0n) is 19.2. The van der Waals surface area contributed by atoms with Crippen LogP contribution in [-0.4, -0.2) is 58.7 Å². The fraction of sp³-hybridized carbons (Fsp3) is 0.500. The van der Waals surface area contributed by atoms with Gasteiger partial charge in [-0.05, 0) is 57.7 Å². The normalized spacial score (nSPS) is 20.3. The molecule has 0 saturated heterocycles. The van der Waals surface area contributed by atoms with Gasteiger partial charge in [-0.3, -0.25) is 14.9 Å². The van der Waals surface area contributed by atoms with Crippen molar-refractivity contribution < 1.29 is 33.8 Å². The Balaban J connectivity index is 1.58. The molecule has 3 amide bonds. The van der Waals surface area contributed by atoms with Crippen LogP contribution < -0.4 is 26.4 Å². The molecular weight excluding hydrogens is 446 g/mol.